The summed E-state index contributed by atoms with van der Waals surface area (Å²) in [4.78, 5) is 0. The first-order valence-electron chi connectivity index (χ1n) is 4.15. The molecule has 0 saturated heterocycles. The van der Waals surface area contributed by atoms with Crippen LogP contribution in [0.2, 0.25) is 5.02 Å². The van der Waals surface area contributed by atoms with Crippen molar-refractivity contribution < 1.29 is 8.78 Å². The standard InChI is InChI=1S/C8H7ClF2.C2H6/c1-5-4-6(8(10)11)2-3-7(5)9;1-2/h2-4,8H,1H3;1-2H3. The van der Waals surface area contributed by atoms with Crippen LogP contribution in [-0.4, -0.2) is 0 Å². The fourth-order valence-electron chi connectivity index (χ4n) is 0.804. The Morgan fingerprint density at radius 2 is 1.77 bits per heavy atom. The zero-order valence-corrected chi connectivity index (χ0v) is 8.70. The summed E-state index contributed by atoms with van der Waals surface area (Å²) in [7, 11) is 0. The number of halogens is 3. The van der Waals surface area contributed by atoms with Gasteiger partial charge in [-0.1, -0.05) is 31.5 Å². The second kappa shape index (κ2) is 5.92. The van der Waals surface area contributed by atoms with Crippen LogP contribution in [0, 0.1) is 6.92 Å². The van der Waals surface area contributed by atoms with Gasteiger partial charge in [-0.15, -0.1) is 0 Å². The lowest BCUT2D eigenvalue weighted by molar-refractivity contribution is 0.151. The van der Waals surface area contributed by atoms with Gasteiger partial charge in [0.05, 0.1) is 0 Å². The molecule has 0 amide bonds. The van der Waals surface area contributed by atoms with Crippen molar-refractivity contribution in [3.8, 4) is 0 Å². The SMILES string of the molecule is CC.Cc1cc(C(F)F)ccc1Cl. The number of rotatable bonds is 1. The summed E-state index contributed by atoms with van der Waals surface area (Å²) in [6.07, 6.45) is -2.41. The maximum Gasteiger partial charge on any atom is 0.263 e. The van der Waals surface area contributed by atoms with Crippen LogP contribution in [0.3, 0.4) is 0 Å². The Balaban J connectivity index is 0.000000671. The van der Waals surface area contributed by atoms with Crippen molar-refractivity contribution in [1.82, 2.24) is 0 Å². The Bertz CT molecular complexity index is 259. The second-order valence-corrected chi connectivity index (χ2v) is 2.72. The van der Waals surface area contributed by atoms with Gasteiger partial charge >= 0.3 is 0 Å². The molecule has 0 heterocycles. The molecule has 13 heavy (non-hydrogen) atoms. The van der Waals surface area contributed by atoms with E-state index >= 15 is 0 Å². The van der Waals surface area contributed by atoms with E-state index in [1.807, 2.05) is 13.8 Å². The Hall–Kier alpha value is -0.630. The third kappa shape index (κ3) is 3.73. The first-order chi connectivity index (χ1) is 6.11. The predicted octanol–water partition coefficient (Wildman–Crippen LogP) is 4.61. The molecule has 0 radical (unpaired) electrons. The van der Waals surface area contributed by atoms with Crippen LogP contribution >= 0.6 is 11.6 Å². The minimum atomic E-state index is -2.41. The number of hydrogen-bond donors (Lipinski definition) is 0. The topological polar surface area (TPSA) is 0 Å². The molecule has 0 bridgehead atoms. The van der Waals surface area contributed by atoms with Gasteiger partial charge in [0.1, 0.15) is 0 Å². The average Bonchev–Trinajstić information content (AvgIpc) is 2.13. The largest absolute Gasteiger partial charge is 0.263 e. The predicted molar refractivity (Wildman–Crippen MR) is 52.5 cm³/mol. The zero-order chi connectivity index (χ0) is 10.4. The lowest BCUT2D eigenvalue weighted by Crippen LogP contribution is -1.84. The van der Waals surface area contributed by atoms with E-state index in [2.05, 4.69) is 0 Å². The molecule has 1 aromatic carbocycles. The van der Waals surface area contributed by atoms with Gasteiger partial charge in [-0.3, -0.25) is 0 Å². The van der Waals surface area contributed by atoms with E-state index in [0.717, 1.165) is 0 Å². The molecular formula is C10H13ClF2. The maximum atomic E-state index is 12.0. The van der Waals surface area contributed by atoms with E-state index in [1.165, 1.54) is 18.2 Å². The summed E-state index contributed by atoms with van der Waals surface area (Å²) < 4.78 is 24.1. The molecule has 0 spiro atoms. The van der Waals surface area contributed by atoms with Crippen LogP contribution in [0.5, 0.6) is 0 Å². The highest BCUT2D eigenvalue weighted by Crippen LogP contribution is 2.23. The highest BCUT2D eigenvalue weighted by atomic mass is 35.5. The van der Waals surface area contributed by atoms with Gasteiger partial charge < -0.3 is 0 Å². The first kappa shape index (κ1) is 12.4. The third-order valence-electron chi connectivity index (χ3n) is 1.43. The van der Waals surface area contributed by atoms with E-state index < -0.39 is 6.43 Å². The van der Waals surface area contributed by atoms with E-state index in [4.69, 9.17) is 11.6 Å². The highest BCUT2D eigenvalue weighted by Gasteiger charge is 2.06. The highest BCUT2D eigenvalue weighted by molar-refractivity contribution is 6.31. The molecule has 0 nitrogen and oxygen atoms in total. The van der Waals surface area contributed by atoms with Crippen LogP contribution in [0.1, 0.15) is 31.4 Å². The Morgan fingerprint density at radius 1 is 1.23 bits per heavy atom. The number of aryl methyl sites for hydroxylation is 1. The van der Waals surface area contributed by atoms with Crippen LogP contribution in [0.15, 0.2) is 18.2 Å². The molecule has 0 fully saturated rings. The van der Waals surface area contributed by atoms with Crippen molar-refractivity contribution in [2.24, 2.45) is 0 Å². The van der Waals surface area contributed by atoms with Crippen molar-refractivity contribution in [2.45, 2.75) is 27.2 Å². The van der Waals surface area contributed by atoms with Crippen molar-refractivity contribution in [2.75, 3.05) is 0 Å². The molecule has 0 aromatic heterocycles. The molecule has 0 atom stereocenters. The van der Waals surface area contributed by atoms with Crippen molar-refractivity contribution in [3.63, 3.8) is 0 Å². The molecule has 0 saturated carbocycles. The smallest absolute Gasteiger partial charge is 0.205 e. The van der Waals surface area contributed by atoms with E-state index in [9.17, 15) is 8.78 Å². The molecule has 0 aliphatic heterocycles. The molecule has 0 aliphatic rings. The summed E-state index contributed by atoms with van der Waals surface area (Å²) in [6.45, 7) is 5.70. The van der Waals surface area contributed by atoms with Gasteiger partial charge in [0.2, 0.25) is 0 Å². The summed E-state index contributed by atoms with van der Waals surface area (Å²) in [5.74, 6) is 0. The number of benzene rings is 1. The lowest BCUT2D eigenvalue weighted by atomic mass is 10.1. The van der Waals surface area contributed by atoms with Gasteiger partial charge in [-0.2, -0.15) is 0 Å². The summed E-state index contributed by atoms with van der Waals surface area (Å²) >= 11 is 5.64. The molecule has 0 N–H and O–H groups in total. The van der Waals surface area contributed by atoms with Gasteiger partial charge in [0, 0.05) is 10.6 Å². The van der Waals surface area contributed by atoms with Gasteiger partial charge in [-0.05, 0) is 24.6 Å². The van der Waals surface area contributed by atoms with Crippen molar-refractivity contribution in [1.29, 1.82) is 0 Å². The van der Waals surface area contributed by atoms with Crippen LogP contribution in [0.25, 0.3) is 0 Å². The average molecular weight is 207 g/mol. The fourth-order valence-corrected chi connectivity index (χ4v) is 0.921. The molecule has 0 aliphatic carbocycles. The van der Waals surface area contributed by atoms with Gasteiger partial charge in [-0.25, -0.2) is 8.78 Å². The second-order valence-electron chi connectivity index (χ2n) is 2.31. The van der Waals surface area contributed by atoms with Crippen LogP contribution in [0.4, 0.5) is 8.78 Å². The minimum Gasteiger partial charge on any atom is -0.205 e. The maximum absolute atomic E-state index is 12.0. The number of hydrogen-bond acceptors (Lipinski definition) is 0. The van der Waals surface area contributed by atoms with Crippen LogP contribution in [-0.2, 0) is 0 Å². The first-order valence-corrected chi connectivity index (χ1v) is 4.53. The van der Waals surface area contributed by atoms with Crippen molar-refractivity contribution >= 4 is 11.6 Å². The van der Waals surface area contributed by atoms with E-state index in [-0.39, 0.29) is 5.56 Å². The van der Waals surface area contributed by atoms with E-state index in [0.29, 0.717) is 10.6 Å². The molecular weight excluding hydrogens is 194 g/mol. The number of alkyl halides is 2. The van der Waals surface area contributed by atoms with Crippen molar-refractivity contribution in [3.05, 3.63) is 34.3 Å². The lowest BCUT2D eigenvalue weighted by Gasteiger charge is -2.01. The fraction of sp³-hybridized carbons (Fsp3) is 0.400. The Labute approximate surface area is 82.5 Å². The summed E-state index contributed by atoms with van der Waals surface area (Å²) in [5.41, 5.74) is 0.705. The third-order valence-corrected chi connectivity index (χ3v) is 1.86. The monoisotopic (exact) mass is 206 g/mol. The Kier molecular flexibility index (Phi) is 5.63. The summed E-state index contributed by atoms with van der Waals surface area (Å²) in [5, 5.41) is 0.523. The van der Waals surface area contributed by atoms with Gasteiger partial charge in [0.25, 0.3) is 6.43 Å². The van der Waals surface area contributed by atoms with E-state index in [1.54, 1.807) is 6.92 Å². The normalized spacial score (nSPS) is 9.46. The zero-order valence-electron chi connectivity index (χ0n) is 7.94. The van der Waals surface area contributed by atoms with Crippen LogP contribution < -0.4 is 0 Å². The molecule has 1 aromatic rings. The van der Waals surface area contributed by atoms with Gasteiger partial charge in [0.15, 0.2) is 0 Å². The Morgan fingerprint density at radius 3 is 2.15 bits per heavy atom. The molecule has 1 rings (SSSR count). The summed E-state index contributed by atoms with van der Waals surface area (Å²) in [6, 6.07) is 4.21. The molecule has 0 unspecified atom stereocenters. The molecule has 74 valence electrons. The minimum absolute atomic E-state index is 0.0203. The quantitative estimate of drug-likeness (QED) is 0.629. The molecule has 3 heteroatoms.